The van der Waals surface area contributed by atoms with E-state index >= 15 is 0 Å². The zero-order chi connectivity index (χ0) is 22.2. The topological polar surface area (TPSA) is 52.4 Å². The molecule has 0 saturated carbocycles. The number of nitrogens with zero attached hydrogens (tertiary/aromatic N) is 4. The van der Waals surface area contributed by atoms with Gasteiger partial charge in [-0.25, -0.2) is 9.67 Å². The quantitative estimate of drug-likeness (QED) is 0.413. The molecule has 6 nitrogen and oxygen atoms in total. The first-order chi connectivity index (χ1) is 15.7. The van der Waals surface area contributed by atoms with E-state index in [9.17, 15) is 0 Å². The standard InChI is InChI=1S/C26H34N4O2/c1-3-31-16-15-30-25(20-32-19-23-8-6-7-21(2)17-23)27-26(28-30)24-11-9-22(10-12-24)18-29-13-4-5-14-29/h6-12,17H,3-5,13-16,18-20H2,1-2H3. The lowest BCUT2D eigenvalue weighted by Crippen LogP contribution is -2.18. The molecular weight excluding hydrogens is 400 g/mol. The molecule has 0 amide bonds. The van der Waals surface area contributed by atoms with Crippen LogP contribution in [0.4, 0.5) is 0 Å². The zero-order valence-electron chi connectivity index (χ0n) is 19.3. The lowest BCUT2D eigenvalue weighted by molar-refractivity contribution is 0.0941. The van der Waals surface area contributed by atoms with Gasteiger partial charge in [0, 0.05) is 18.7 Å². The summed E-state index contributed by atoms with van der Waals surface area (Å²) in [5, 5.41) is 4.76. The van der Waals surface area contributed by atoms with E-state index in [4.69, 9.17) is 19.6 Å². The van der Waals surface area contributed by atoms with Crippen molar-refractivity contribution in [3.8, 4) is 11.4 Å². The first kappa shape index (κ1) is 22.6. The summed E-state index contributed by atoms with van der Waals surface area (Å²) in [6, 6.07) is 17.0. The summed E-state index contributed by atoms with van der Waals surface area (Å²) in [6.07, 6.45) is 2.63. The Balaban J connectivity index is 1.43. The smallest absolute Gasteiger partial charge is 0.181 e. The molecule has 2 heterocycles. The van der Waals surface area contributed by atoms with Gasteiger partial charge in [0.25, 0.3) is 0 Å². The molecule has 3 aromatic rings. The predicted molar refractivity (Wildman–Crippen MR) is 126 cm³/mol. The van der Waals surface area contributed by atoms with Gasteiger partial charge in [-0.05, 0) is 50.9 Å². The van der Waals surface area contributed by atoms with E-state index in [0.29, 0.717) is 33.0 Å². The second-order valence-corrected chi connectivity index (χ2v) is 8.43. The van der Waals surface area contributed by atoms with E-state index in [2.05, 4.69) is 60.4 Å². The number of aryl methyl sites for hydroxylation is 1. The maximum absolute atomic E-state index is 5.98. The Kier molecular flexibility index (Phi) is 8.04. The highest BCUT2D eigenvalue weighted by molar-refractivity contribution is 5.55. The molecule has 0 N–H and O–H groups in total. The summed E-state index contributed by atoms with van der Waals surface area (Å²) in [6.45, 7) is 10.5. The van der Waals surface area contributed by atoms with Gasteiger partial charge < -0.3 is 9.47 Å². The van der Waals surface area contributed by atoms with Gasteiger partial charge in [-0.2, -0.15) is 5.10 Å². The molecule has 0 bridgehead atoms. The number of benzene rings is 2. The van der Waals surface area contributed by atoms with Crippen molar-refractivity contribution in [3.63, 3.8) is 0 Å². The lowest BCUT2D eigenvalue weighted by atomic mass is 10.1. The molecule has 4 rings (SSSR count). The van der Waals surface area contributed by atoms with Gasteiger partial charge in [0.05, 0.1) is 19.8 Å². The minimum Gasteiger partial charge on any atom is -0.380 e. The monoisotopic (exact) mass is 434 g/mol. The molecule has 1 aliphatic heterocycles. The van der Waals surface area contributed by atoms with E-state index in [1.165, 1.54) is 42.6 Å². The van der Waals surface area contributed by atoms with Crippen molar-refractivity contribution in [2.24, 2.45) is 0 Å². The van der Waals surface area contributed by atoms with E-state index < -0.39 is 0 Å². The molecule has 1 aromatic heterocycles. The van der Waals surface area contributed by atoms with Crippen LogP contribution in [0.5, 0.6) is 0 Å². The number of rotatable bonds is 11. The molecule has 0 spiro atoms. The molecule has 1 saturated heterocycles. The second kappa shape index (κ2) is 11.4. The van der Waals surface area contributed by atoms with Crippen molar-refractivity contribution >= 4 is 0 Å². The number of likely N-dealkylation sites (tertiary alicyclic amines) is 1. The van der Waals surface area contributed by atoms with Crippen LogP contribution in [0.1, 0.15) is 42.3 Å². The van der Waals surface area contributed by atoms with Gasteiger partial charge in [0.2, 0.25) is 0 Å². The number of hydrogen-bond acceptors (Lipinski definition) is 5. The van der Waals surface area contributed by atoms with Crippen molar-refractivity contribution in [1.29, 1.82) is 0 Å². The van der Waals surface area contributed by atoms with Crippen LogP contribution in [-0.4, -0.2) is 46.0 Å². The van der Waals surface area contributed by atoms with Crippen molar-refractivity contribution in [3.05, 3.63) is 71.0 Å². The van der Waals surface area contributed by atoms with Crippen LogP contribution in [-0.2, 0) is 35.8 Å². The second-order valence-electron chi connectivity index (χ2n) is 8.43. The minimum absolute atomic E-state index is 0.417. The Bertz CT molecular complexity index is 978. The Morgan fingerprint density at radius 2 is 1.75 bits per heavy atom. The van der Waals surface area contributed by atoms with E-state index in [1.54, 1.807) is 0 Å². The third-order valence-corrected chi connectivity index (χ3v) is 5.80. The Morgan fingerprint density at radius 1 is 0.938 bits per heavy atom. The summed E-state index contributed by atoms with van der Waals surface area (Å²) in [5.41, 5.74) is 4.78. The Hall–Kier alpha value is -2.54. The molecule has 1 aliphatic rings. The summed E-state index contributed by atoms with van der Waals surface area (Å²) < 4.78 is 13.4. The van der Waals surface area contributed by atoms with Crippen LogP contribution in [0.2, 0.25) is 0 Å². The van der Waals surface area contributed by atoms with Crippen LogP contribution in [0.25, 0.3) is 11.4 Å². The summed E-state index contributed by atoms with van der Waals surface area (Å²) in [5.74, 6) is 1.57. The molecule has 2 aromatic carbocycles. The molecular formula is C26H34N4O2. The highest BCUT2D eigenvalue weighted by atomic mass is 16.5. The van der Waals surface area contributed by atoms with Crippen molar-refractivity contribution in [1.82, 2.24) is 19.7 Å². The van der Waals surface area contributed by atoms with Crippen LogP contribution >= 0.6 is 0 Å². The SMILES string of the molecule is CCOCCn1nc(-c2ccc(CN3CCCC3)cc2)nc1COCc1cccc(C)c1. The molecule has 0 radical (unpaired) electrons. The molecule has 6 heteroatoms. The summed E-state index contributed by atoms with van der Waals surface area (Å²) in [4.78, 5) is 7.32. The fourth-order valence-corrected chi connectivity index (χ4v) is 4.10. The van der Waals surface area contributed by atoms with Crippen LogP contribution < -0.4 is 0 Å². The lowest BCUT2D eigenvalue weighted by Gasteiger charge is -2.14. The number of ether oxygens (including phenoxy) is 2. The minimum atomic E-state index is 0.417. The first-order valence-electron chi connectivity index (χ1n) is 11.7. The predicted octanol–water partition coefficient (Wildman–Crippen LogP) is 4.60. The van der Waals surface area contributed by atoms with E-state index in [0.717, 1.165) is 23.8 Å². The Labute approximate surface area is 191 Å². The van der Waals surface area contributed by atoms with Gasteiger partial charge in [0.15, 0.2) is 11.6 Å². The third kappa shape index (κ3) is 6.25. The van der Waals surface area contributed by atoms with Gasteiger partial charge >= 0.3 is 0 Å². The average Bonchev–Trinajstić information content (AvgIpc) is 3.45. The average molecular weight is 435 g/mol. The van der Waals surface area contributed by atoms with Gasteiger partial charge in [-0.3, -0.25) is 4.90 Å². The first-order valence-corrected chi connectivity index (χ1v) is 11.7. The highest BCUT2D eigenvalue weighted by Crippen LogP contribution is 2.19. The summed E-state index contributed by atoms with van der Waals surface area (Å²) in [7, 11) is 0. The maximum atomic E-state index is 5.98. The summed E-state index contributed by atoms with van der Waals surface area (Å²) >= 11 is 0. The van der Waals surface area contributed by atoms with Crippen molar-refractivity contribution < 1.29 is 9.47 Å². The largest absolute Gasteiger partial charge is 0.380 e. The fourth-order valence-electron chi connectivity index (χ4n) is 4.10. The Morgan fingerprint density at radius 3 is 2.50 bits per heavy atom. The maximum Gasteiger partial charge on any atom is 0.181 e. The molecule has 0 unspecified atom stereocenters. The van der Waals surface area contributed by atoms with Crippen LogP contribution in [0, 0.1) is 6.92 Å². The van der Waals surface area contributed by atoms with Crippen molar-refractivity contribution in [2.45, 2.75) is 53.0 Å². The zero-order valence-corrected chi connectivity index (χ0v) is 19.3. The van der Waals surface area contributed by atoms with E-state index in [1.807, 2.05) is 11.6 Å². The van der Waals surface area contributed by atoms with Crippen LogP contribution in [0.3, 0.4) is 0 Å². The van der Waals surface area contributed by atoms with Crippen molar-refractivity contribution in [2.75, 3.05) is 26.3 Å². The molecule has 170 valence electrons. The molecule has 0 atom stereocenters. The highest BCUT2D eigenvalue weighted by Gasteiger charge is 2.14. The molecule has 1 fully saturated rings. The van der Waals surface area contributed by atoms with Crippen LogP contribution in [0.15, 0.2) is 48.5 Å². The van der Waals surface area contributed by atoms with Gasteiger partial charge in [0.1, 0.15) is 6.61 Å². The fraction of sp³-hybridized carbons (Fsp3) is 0.462. The van der Waals surface area contributed by atoms with E-state index in [-0.39, 0.29) is 0 Å². The van der Waals surface area contributed by atoms with Gasteiger partial charge in [-0.15, -0.1) is 0 Å². The third-order valence-electron chi connectivity index (χ3n) is 5.80. The molecule has 32 heavy (non-hydrogen) atoms. The molecule has 0 aliphatic carbocycles. The number of hydrogen-bond donors (Lipinski definition) is 0. The number of aromatic nitrogens is 3. The van der Waals surface area contributed by atoms with Gasteiger partial charge in [-0.1, -0.05) is 54.1 Å². The normalized spacial score (nSPS) is 14.3.